The van der Waals surface area contributed by atoms with E-state index < -0.39 is 12.0 Å². The van der Waals surface area contributed by atoms with Gasteiger partial charge >= 0.3 is 5.97 Å². The van der Waals surface area contributed by atoms with Crippen LogP contribution in [0, 0.1) is 11.8 Å². The topological polar surface area (TPSA) is 95.5 Å². The van der Waals surface area contributed by atoms with Gasteiger partial charge in [0.15, 0.2) is 0 Å². The average molecular weight is 286 g/mol. The Hall–Kier alpha value is -1.24. The van der Waals surface area contributed by atoms with Gasteiger partial charge in [-0.15, -0.1) is 0 Å². The molecule has 0 bridgehead atoms. The molecular weight excluding hydrogens is 268 g/mol. The van der Waals surface area contributed by atoms with Crippen LogP contribution < -0.4 is 10.6 Å². The molecule has 3 unspecified atom stereocenters. The van der Waals surface area contributed by atoms with Gasteiger partial charge in [0.2, 0.25) is 5.91 Å². The molecule has 0 aromatic carbocycles. The Labute approximate surface area is 115 Å². The molecule has 106 valence electrons. The molecule has 19 heavy (non-hydrogen) atoms. The lowest BCUT2D eigenvalue weighted by atomic mass is 9.79. The van der Waals surface area contributed by atoms with Crippen LogP contribution in [0.4, 0.5) is 4.79 Å². The van der Waals surface area contributed by atoms with E-state index in [0.29, 0.717) is 18.7 Å². The molecule has 0 spiro atoms. The zero-order chi connectivity index (χ0) is 13.8. The summed E-state index contributed by atoms with van der Waals surface area (Å²) in [5, 5.41) is 14.3. The van der Waals surface area contributed by atoms with Crippen LogP contribution in [0.3, 0.4) is 0 Å². The summed E-state index contributed by atoms with van der Waals surface area (Å²) in [5.41, 5.74) is 0. The van der Waals surface area contributed by atoms with E-state index in [1.807, 2.05) is 0 Å². The molecule has 1 aliphatic heterocycles. The van der Waals surface area contributed by atoms with Crippen molar-refractivity contribution in [2.24, 2.45) is 11.8 Å². The molecule has 2 aliphatic rings. The van der Waals surface area contributed by atoms with Gasteiger partial charge in [0.05, 0.1) is 5.92 Å². The fourth-order valence-electron chi connectivity index (χ4n) is 2.66. The summed E-state index contributed by atoms with van der Waals surface area (Å²) in [5.74, 6) is -0.907. The predicted octanol–water partition coefficient (Wildman–Crippen LogP) is 0.819. The number of carboxylic acids is 1. The predicted molar refractivity (Wildman–Crippen MR) is 70.9 cm³/mol. The molecular formula is C12H18N2O4S. The van der Waals surface area contributed by atoms with Crippen LogP contribution in [0.1, 0.15) is 25.7 Å². The van der Waals surface area contributed by atoms with Gasteiger partial charge in [-0.3, -0.25) is 14.4 Å². The minimum absolute atomic E-state index is 0.0000392. The molecule has 1 aliphatic carbocycles. The highest BCUT2D eigenvalue weighted by Gasteiger charge is 2.32. The molecule has 1 saturated heterocycles. The second-order valence-corrected chi connectivity index (χ2v) is 6.02. The van der Waals surface area contributed by atoms with Crippen molar-refractivity contribution in [3.05, 3.63) is 0 Å². The first-order valence-corrected chi connectivity index (χ1v) is 7.50. The number of hydrogen-bond acceptors (Lipinski definition) is 4. The van der Waals surface area contributed by atoms with Crippen LogP contribution in [0.5, 0.6) is 0 Å². The smallest absolute Gasteiger partial charge is 0.306 e. The van der Waals surface area contributed by atoms with Gasteiger partial charge in [0.1, 0.15) is 6.04 Å². The molecule has 2 rings (SSSR count). The van der Waals surface area contributed by atoms with E-state index >= 15 is 0 Å². The first-order chi connectivity index (χ1) is 9.08. The number of aliphatic carboxylic acids is 1. The summed E-state index contributed by atoms with van der Waals surface area (Å²) >= 11 is 1.10. The monoisotopic (exact) mass is 286 g/mol. The highest BCUT2D eigenvalue weighted by atomic mass is 32.2. The molecule has 0 aromatic heterocycles. The fourth-order valence-corrected chi connectivity index (χ4v) is 3.44. The van der Waals surface area contributed by atoms with Crippen molar-refractivity contribution in [3.8, 4) is 0 Å². The largest absolute Gasteiger partial charge is 0.481 e. The normalized spacial score (nSPS) is 30.7. The summed E-state index contributed by atoms with van der Waals surface area (Å²) < 4.78 is 0. The standard InChI is InChI=1S/C12H18N2O4S/c15-10(9-6-19-12(18)14-9)13-5-7-3-1-2-4-8(7)11(16)17/h7-9H,1-6H2,(H,13,15)(H,14,18)(H,16,17). The first-order valence-electron chi connectivity index (χ1n) is 6.51. The first kappa shape index (κ1) is 14.2. The van der Waals surface area contributed by atoms with E-state index in [1.54, 1.807) is 0 Å². The highest BCUT2D eigenvalue weighted by Crippen LogP contribution is 2.29. The summed E-state index contributed by atoms with van der Waals surface area (Å²) in [6, 6.07) is -0.482. The molecule has 3 N–H and O–H groups in total. The quantitative estimate of drug-likeness (QED) is 0.711. The Morgan fingerprint density at radius 3 is 2.74 bits per heavy atom. The van der Waals surface area contributed by atoms with Gasteiger partial charge in [-0.2, -0.15) is 0 Å². The molecule has 2 amide bonds. The van der Waals surface area contributed by atoms with Gasteiger partial charge in [0, 0.05) is 12.3 Å². The molecule has 2 fully saturated rings. The molecule has 6 nitrogen and oxygen atoms in total. The maximum Gasteiger partial charge on any atom is 0.306 e. The van der Waals surface area contributed by atoms with Crippen molar-refractivity contribution in [2.45, 2.75) is 31.7 Å². The van der Waals surface area contributed by atoms with E-state index in [4.69, 9.17) is 5.11 Å². The average Bonchev–Trinajstić information content (AvgIpc) is 2.83. The lowest BCUT2D eigenvalue weighted by molar-refractivity contribution is -0.145. The Kier molecular flexibility index (Phi) is 4.68. The molecule has 3 atom stereocenters. The SMILES string of the molecule is O=C1NC(C(=O)NCC2CCCCC2C(=O)O)CS1. The summed E-state index contributed by atoms with van der Waals surface area (Å²) in [6.45, 7) is 0.382. The summed E-state index contributed by atoms with van der Waals surface area (Å²) in [6.07, 6.45) is 3.48. The summed E-state index contributed by atoms with van der Waals surface area (Å²) in [7, 11) is 0. The minimum Gasteiger partial charge on any atom is -0.481 e. The van der Waals surface area contributed by atoms with Crippen molar-refractivity contribution >= 4 is 28.9 Å². The van der Waals surface area contributed by atoms with Crippen LogP contribution in [0.15, 0.2) is 0 Å². The van der Waals surface area contributed by atoms with E-state index in [2.05, 4.69) is 10.6 Å². The number of hydrogen-bond donors (Lipinski definition) is 3. The number of carboxylic acid groups (broad SMARTS) is 1. The second-order valence-electron chi connectivity index (χ2n) is 5.03. The number of thioether (sulfide) groups is 1. The van der Waals surface area contributed by atoms with E-state index in [-0.39, 0.29) is 23.0 Å². The Morgan fingerprint density at radius 1 is 1.37 bits per heavy atom. The number of rotatable bonds is 4. The Balaban J connectivity index is 1.81. The van der Waals surface area contributed by atoms with Gasteiger partial charge < -0.3 is 15.7 Å². The highest BCUT2D eigenvalue weighted by molar-refractivity contribution is 8.14. The van der Waals surface area contributed by atoms with Gasteiger partial charge in [-0.25, -0.2) is 0 Å². The number of carbonyl (C=O) groups excluding carboxylic acids is 2. The van der Waals surface area contributed by atoms with E-state index in [0.717, 1.165) is 31.0 Å². The third kappa shape index (κ3) is 3.62. The maximum atomic E-state index is 11.8. The van der Waals surface area contributed by atoms with Crippen LogP contribution in [0.2, 0.25) is 0 Å². The van der Waals surface area contributed by atoms with Crippen molar-refractivity contribution in [3.63, 3.8) is 0 Å². The van der Waals surface area contributed by atoms with E-state index in [9.17, 15) is 14.4 Å². The molecule has 1 saturated carbocycles. The Bertz CT molecular complexity index is 388. The molecule has 0 radical (unpaired) electrons. The molecule has 0 aromatic rings. The van der Waals surface area contributed by atoms with Crippen molar-refractivity contribution in [1.82, 2.24) is 10.6 Å². The lowest BCUT2D eigenvalue weighted by Crippen LogP contribution is -2.46. The maximum absolute atomic E-state index is 11.8. The van der Waals surface area contributed by atoms with Crippen molar-refractivity contribution in [1.29, 1.82) is 0 Å². The third-order valence-electron chi connectivity index (χ3n) is 3.75. The zero-order valence-corrected chi connectivity index (χ0v) is 11.4. The zero-order valence-electron chi connectivity index (χ0n) is 10.6. The molecule has 1 heterocycles. The minimum atomic E-state index is -0.774. The van der Waals surface area contributed by atoms with Crippen LogP contribution >= 0.6 is 11.8 Å². The molecule has 7 heteroatoms. The van der Waals surface area contributed by atoms with Gasteiger partial charge in [-0.1, -0.05) is 24.6 Å². The van der Waals surface area contributed by atoms with Gasteiger partial charge in [-0.05, 0) is 18.8 Å². The Morgan fingerprint density at radius 2 is 2.11 bits per heavy atom. The van der Waals surface area contributed by atoms with Gasteiger partial charge in [0.25, 0.3) is 5.24 Å². The number of carbonyl (C=O) groups is 3. The fraction of sp³-hybridized carbons (Fsp3) is 0.750. The lowest BCUT2D eigenvalue weighted by Gasteiger charge is -2.28. The number of amides is 2. The van der Waals surface area contributed by atoms with Crippen LogP contribution in [0.25, 0.3) is 0 Å². The van der Waals surface area contributed by atoms with Crippen molar-refractivity contribution < 1.29 is 19.5 Å². The van der Waals surface area contributed by atoms with Crippen molar-refractivity contribution in [2.75, 3.05) is 12.3 Å². The van der Waals surface area contributed by atoms with E-state index in [1.165, 1.54) is 0 Å². The summed E-state index contributed by atoms with van der Waals surface area (Å²) in [4.78, 5) is 34.0. The van der Waals surface area contributed by atoms with Crippen LogP contribution in [-0.4, -0.2) is 40.6 Å². The van der Waals surface area contributed by atoms with Crippen LogP contribution in [-0.2, 0) is 9.59 Å². The third-order valence-corrected chi connectivity index (χ3v) is 4.63. The number of nitrogens with one attached hydrogen (secondary N) is 2. The second kappa shape index (κ2) is 6.27.